The highest BCUT2D eigenvalue weighted by Crippen LogP contribution is 2.38. The first kappa shape index (κ1) is 27.0. The summed E-state index contributed by atoms with van der Waals surface area (Å²) in [6, 6.07) is 27.3. The molecule has 1 unspecified atom stereocenters. The summed E-state index contributed by atoms with van der Waals surface area (Å²) < 4.78 is 21.8. The van der Waals surface area contributed by atoms with Crippen LogP contribution in [0.3, 0.4) is 0 Å². The van der Waals surface area contributed by atoms with E-state index in [0.717, 1.165) is 10.5 Å². The second-order valence-electron chi connectivity index (χ2n) is 8.80. The lowest BCUT2D eigenvalue weighted by Crippen LogP contribution is -2.20. The molecule has 0 bridgehead atoms. The van der Waals surface area contributed by atoms with Gasteiger partial charge in [-0.2, -0.15) is 0 Å². The lowest BCUT2D eigenvalue weighted by atomic mass is 10.1. The molecule has 204 valence electrons. The Morgan fingerprint density at radius 1 is 0.750 bits per heavy atom. The van der Waals surface area contributed by atoms with E-state index in [1.165, 1.54) is 18.9 Å². The minimum Gasteiger partial charge on any atom is -0.493 e. The molecule has 2 N–H and O–H groups in total. The molecule has 8 nitrogen and oxygen atoms in total. The summed E-state index contributed by atoms with van der Waals surface area (Å²) in [7, 11) is 3.07. The molecule has 9 heteroatoms. The zero-order valence-electron chi connectivity index (χ0n) is 22.0. The Bertz CT molecular complexity index is 1490. The van der Waals surface area contributed by atoms with Gasteiger partial charge in [0.25, 0.3) is 5.91 Å². The van der Waals surface area contributed by atoms with Crippen molar-refractivity contribution in [3.05, 3.63) is 102 Å². The van der Waals surface area contributed by atoms with E-state index in [1.54, 1.807) is 43.5 Å². The molecule has 1 aliphatic rings. The third kappa shape index (κ3) is 6.32. The molecule has 2 amide bonds. The summed E-state index contributed by atoms with van der Waals surface area (Å²) in [4.78, 5) is 27.1. The van der Waals surface area contributed by atoms with E-state index in [0.29, 0.717) is 53.2 Å². The van der Waals surface area contributed by atoms with E-state index in [4.69, 9.17) is 18.9 Å². The largest absolute Gasteiger partial charge is 0.493 e. The van der Waals surface area contributed by atoms with Crippen LogP contribution in [-0.2, 0) is 4.79 Å². The van der Waals surface area contributed by atoms with Crippen molar-refractivity contribution in [2.24, 2.45) is 0 Å². The normalized spacial score (nSPS) is 12.7. The van der Waals surface area contributed by atoms with Gasteiger partial charge in [-0.15, -0.1) is 11.8 Å². The van der Waals surface area contributed by atoms with Gasteiger partial charge >= 0.3 is 0 Å². The molecule has 4 aromatic carbocycles. The van der Waals surface area contributed by atoms with Crippen molar-refractivity contribution >= 4 is 35.0 Å². The number of hydrogen-bond donors (Lipinski definition) is 2. The van der Waals surface area contributed by atoms with Gasteiger partial charge < -0.3 is 29.6 Å². The van der Waals surface area contributed by atoms with E-state index in [2.05, 4.69) is 10.6 Å². The number of rotatable bonds is 9. The number of methoxy groups -OCH3 is 2. The molecule has 0 aliphatic carbocycles. The second kappa shape index (κ2) is 12.5. The quantitative estimate of drug-likeness (QED) is 0.237. The molecule has 1 aliphatic heterocycles. The Labute approximate surface area is 236 Å². The lowest BCUT2D eigenvalue weighted by molar-refractivity contribution is -0.115. The van der Waals surface area contributed by atoms with Crippen LogP contribution in [0, 0.1) is 0 Å². The van der Waals surface area contributed by atoms with Crippen molar-refractivity contribution in [1.82, 2.24) is 0 Å². The molecule has 0 saturated heterocycles. The van der Waals surface area contributed by atoms with Crippen LogP contribution in [0.15, 0.2) is 95.9 Å². The van der Waals surface area contributed by atoms with Gasteiger partial charge in [0, 0.05) is 27.9 Å². The Balaban J connectivity index is 1.29. The maximum absolute atomic E-state index is 13.5. The summed E-state index contributed by atoms with van der Waals surface area (Å²) in [5.41, 5.74) is 2.56. The van der Waals surface area contributed by atoms with Gasteiger partial charge in [-0.3, -0.25) is 9.59 Å². The first-order valence-electron chi connectivity index (χ1n) is 12.6. The fourth-order valence-corrected chi connectivity index (χ4v) is 5.19. The minimum absolute atomic E-state index is 0.168. The number of fused-ring (bicyclic) bond motifs is 1. The molecule has 5 rings (SSSR count). The van der Waals surface area contributed by atoms with Crippen molar-refractivity contribution in [3.8, 4) is 23.0 Å². The van der Waals surface area contributed by atoms with E-state index in [9.17, 15) is 9.59 Å². The molecule has 1 heterocycles. The predicted octanol–water partition coefficient (Wildman–Crippen LogP) is 6.20. The van der Waals surface area contributed by atoms with Crippen LogP contribution in [0.5, 0.6) is 23.0 Å². The zero-order valence-corrected chi connectivity index (χ0v) is 22.8. The lowest BCUT2D eigenvalue weighted by Gasteiger charge is -2.20. The molecule has 0 aromatic heterocycles. The van der Waals surface area contributed by atoms with Crippen molar-refractivity contribution in [3.63, 3.8) is 0 Å². The Morgan fingerprint density at radius 2 is 1.45 bits per heavy atom. The van der Waals surface area contributed by atoms with Gasteiger partial charge in [-0.25, -0.2) is 0 Å². The summed E-state index contributed by atoms with van der Waals surface area (Å²) in [6.07, 6.45) is 0. The third-order valence-corrected chi connectivity index (χ3v) is 7.43. The van der Waals surface area contributed by atoms with Crippen LogP contribution in [0.2, 0.25) is 0 Å². The highest BCUT2D eigenvalue weighted by Gasteiger charge is 2.23. The van der Waals surface area contributed by atoms with Gasteiger partial charge in [0.15, 0.2) is 23.0 Å². The minimum atomic E-state index is -0.512. The Kier molecular flexibility index (Phi) is 8.41. The number of carbonyl (C=O) groups is 2. The number of hydrogen-bond acceptors (Lipinski definition) is 7. The molecule has 0 fully saturated rings. The average molecular weight is 557 g/mol. The van der Waals surface area contributed by atoms with Crippen molar-refractivity contribution in [2.75, 3.05) is 38.1 Å². The van der Waals surface area contributed by atoms with Crippen molar-refractivity contribution in [1.29, 1.82) is 0 Å². The smallest absolute Gasteiger partial charge is 0.255 e. The second-order valence-corrected chi connectivity index (χ2v) is 9.98. The van der Waals surface area contributed by atoms with Crippen molar-refractivity contribution in [2.45, 2.75) is 10.1 Å². The number of anilines is 2. The van der Waals surface area contributed by atoms with Gasteiger partial charge in [0.05, 0.1) is 14.2 Å². The Hall–Kier alpha value is -4.63. The maximum Gasteiger partial charge on any atom is 0.255 e. The number of amides is 2. The first-order valence-corrected chi connectivity index (χ1v) is 13.5. The fourth-order valence-electron chi connectivity index (χ4n) is 4.16. The average Bonchev–Trinajstić information content (AvgIpc) is 3.00. The van der Waals surface area contributed by atoms with E-state index in [-0.39, 0.29) is 11.8 Å². The first-order chi connectivity index (χ1) is 19.5. The molecule has 0 spiro atoms. The number of ether oxygens (including phenoxy) is 4. The summed E-state index contributed by atoms with van der Waals surface area (Å²) >= 11 is 1.42. The number of carbonyl (C=O) groups excluding carboxylic acids is 2. The number of thioether (sulfide) groups is 1. The molecule has 40 heavy (non-hydrogen) atoms. The van der Waals surface area contributed by atoms with E-state index in [1.807, 2.05) is 54.6 Å². The van der Waals surface area contributed by atoms with Crippen LogP contribution in [-0.4, -0.2) is 39.2 Å². The monoisotopic (exact) mass is 556 g/mol. The molecule has 0 saturated carbocycles. The van der Waals surface area contributed by atoms with Crippen LogP contribution in [0.25, 0.3) is 0 Å². The summed E-state index contributed by atoms with van der Waals surface area (Å²) in [6.45, 7) is 0.974. The molecule has 4 aromatic rings. The summed E-state index contributed by atoms with van der Waals surface area (Å²) in [5.74, 6) is 1.85. The highest BCUT2D eigenvalue weighted by atomic mass is 32.2. The highest BCUT2D eigenvalue weighted by molar-refractivity contribution is 8.00. The third-order valence-electron chi connectivity index (χ3n) is 6.16. The number of nitrogens with one attached hydrogen (secondary N) is 2. The van der Waals surface area contributed by atoms with Gasteiger partial charge in [0.2, 0.25) is 5.91 Å². The van der Waals surface area contributed by atoms with Gasteiger partial charge in [-0.1, -0.05) is 30.3 Å². The maximum atomic E-state index is 13.5. The van der Waals surface area contributed by atoms with Crippen LogP contribution >= 0.6 is 11.8 Å². The van der Waals surface area contributed by atoms with E-state index >= 15 is 0 Å². The van der Waals surface area contributed by atoms with Gasteiger partial charge in [-0.05, 0) is 60.2 Å². The zero-order chi connectivity index (χ0) is 27.9. The van der Waals surface area contributed by atoms with Crippen LogP contribution in [0.4, 0.5) is 11.4 Å². The molecule has 0 radical (unpaired) electrons. The topological polar surface area (TPSA) is 95.1 Å². The number of benzene rings is 4. The molecular weight excluding hydrogens is 528 g/mol. The predicted molar refractivity (Wildman–Crippen MR) is 155 cm³/mol. The van der Waals surface area contributed by atoms with E-state index < -0.39 is 5.25 Å². The van der Waals surface area contributed by atoms with Gasteiger partial charge in [0.1, 0.15) is 18.5 Å². The SMILES string of the molecule is COc1ccc(C(=O)Nc2ccc(SC(C(=O)Nc3ccc4c(c3)OCCO4)c3ccccc3)cc2)cc1OC. The van der Waals surface area contributed by atoms with Crippen LogP contribution < -0.4 is 29.6 Å². The standard InChI is InChI=1S/C31H28N2O6S/c1-36-25-14-8-21(18-27(25)37-2)30(34)32-22-9-12-24(13-10-22)40-29(20-6-4-3-5-7-20)31(35)33-23-11-15-26-28(19-23)39-17-16-38-26/h3-15,18-19,29H,16-17H2,1-2H3,(H,32,34)(H,33,35). The molecule has 1 atom stereocenters. The molecular formula is C31H28N2O6S. The summed E-state index contributed by atoms with van der Waals surface area (Å²) in [5, 5.41) is 5.39. The van der Waals surface area contributed by atoms with Crippen molar-refractivity contribution < 1.29 is 28.5 Å². The Morgan fingerprint density at radius 3 is 2.17 bits per heavy atom. The van der Waals surface area contributed by atoms with Crippen LogP contribution in [0.1, 0.15) is 21.2 Å². The fraction of sp³-hybridized carbons (Fsp3) is 0.161.